The van der Waals surface area contributed by atoms with E-state index in [1.165, 1.54) is 11.3 Å². The van der Waals surface area contributed by atoms with Crippen LogP contribution in [-0.4, -0.2) is 17.1 Å². The molecule has 1 aliphatic heterocycles. The molecule has 0 spiro atoms. The lowest BCUT2D eigenvalue weighted by molar-refractivity contribution is -0.138. The summed E-state index contributed by atoms with van der Waals surface area (Å²) in [7, 11) is 0. The van der Waals surface area contributed by atoms with Crippen molar-refractivity contribution < 1.29 is 13.9 Å². The first kappa shape index (κ1) is 25.8. The van der Waals surface area contributed by atoms with E-state index in [-0.39, 0.29) is 12.2 Å². The molecule has 0 N–H and O–H groups in total. The molecule has 2 aromatic heterocycles. The summed E-state index contributed by atoms with van der Waals surface area (Å²) in [6.07, 6.45) is 1.70. The smallest absolute Gasteiger partial charge is 0.338 e. The number of nitrogens with zero attached hydrogens (tertiary/aromatic N) is 2. The van der Waals surface area contributed by atoms with Gasteiger partial charge in [0.25, 0.3) is 5.56 Å². The molecule has 1 atom stereocenters. The summed E-state index contributed by atoms with van der Waals surface area (Å²) in [6, 6.07) is 29.3. The lowest BCUT2D eigenvalue weighted by Gasteiger charge is -2.25. The summed E-state index contributed by atoms with van der Waals surface area (Å²) in [5.41, 5.74) is 2.92. The van der Waals surface area contributed by atoms with Gasteiger partial charge < -0.3 is 9.15 Å². The Kier molecular flexibility index (Phi) is 7.07. The van der Waals surface area contributed by atoms with Gasteiger partial charge in [-0.3, -0.25) is 9.36 Å². The highest BCUT2D eigenvalue weighted by Gasteiger charge is 2.35. The van der Waals surface area contributed by atoms with Crippen molar-refractivity contribution in [1.29, 1.82) is 0 Å². The summed E-state index contributed by atoms with van der Waals surface area (Å²) in [4.78, 5) is 32.7. The molecule has 0 aliphatic carbocycles. The van der Waals surface area contributed by atoms with Gasteiger partial charge in [0.05, 0.1) is 28.5 Å². The third kappa shape index (κ3) is 4.85. The first-order valence-electron chi connectivity index (χ1n) is 12.7. The molecular formula is C32H23ClN2O4S. The van der Waals surface area contributed by atoms with Gasteiger partial charge in [-0.05, 0) is 36.8 Å². The monoisotopic (exact) mass is 566 g/mol. The number of carbonyl (C=O) groups excluding carboxylic acids is 1. The highest BCUT2D eigenvalue weighted by Crippen LogP contribution is 2.35. The standard InChI is InChI=1S/C32H23ClN2O4S/c1-2-38-31(37)27-28(20-10-5-3-6-11-20)34-32-35(29(27)21-12-7-4-8-13-21)30(36)26(40-32)19-24-16-17-25(39-24)22-14-9-15-23(33)18-22/h3-19,29H,2H2,1H3/b26-19-. The van der Waals surface area contributed by atoms with E-state index in [0.717, 1.165) is 16.7 Å². The molecule has 0 bridgehead atoms. The Labute approximate surface area is 238 Å². The molecule has 0 radical (unpaired) electrons. The number of rotatable bonds is 6. The van der Waals surface area contributed by atoms with Gasteiger partial charge in [-0.15, -0.1) is 0 Å². The lowest BCUT2D eigenvalue weighted by Crippen LogP contribution is -2.39. The van der Waals surface area contributed by atoms with Crippen LogP contribution in [0.15, 0.2) is 117 Å². The molecule has 0 saturated heterocycles. The number of benzene rings is 3. The second-order valence-corrected chi connectivity index (χ2v) is 10.5. The van der Waals surface area contributed by atoms with Crippen LogP contribution in [0.1, 0.15) is 29.9 Å². The molecule has 40 heavy (non-hydrogen) atoms. The molecule has 6 nitrogen and oxygen atoms in total. The highest BCUT2D eigenvalue weighted by molar-refractivity contribution is 7.07. The number of hydrogen-bond donors (Lipinski definition) is 0. The molecule has 0 fully saturated rings. The number of aromatic nitrogens is 1. The largest absolute Gasteiger partial charge is 0.463 e. The van der Waals surface area contributed by atoms with Crippen LogP contribution in [0.25, 0.3) is 23.1 Å². The summed E-state index contributed by atoms with van der Waals surface area (Å²) in [6.45, 7) is 1.96. The number of halogens is 1. The molecule has 0 saturated carbocycles. The predicted molar refractivity (Wildman–Crippen MR) is 157 cm³/mol. The van der Waals surface area contributed by atoms with Crippen molar-refractivity contribution in [3.63, 3.8) is 0 Å². The van der Waals surface area contributed by atoms with E-state index in [9.17, 15) is 9.59 Å². The first-order chi connectivity index (χ1) is 19.5. The van der Waals surface area contributed by atoms with Crippen molar-refractivity contribution in [3.05, 3.63) is 144 Å². The third-order valence-corrected chi connectivity index (χ3v) is 7.72. The maximum atomic E-state index is 13.9. The van der Waals surface area contributed by atoms with Crippen molar-refractivity contribution in [2.75, 3.05) is 6.61 Å². The van der Waals surface area contributed by atoms with Gasteiger partial charge in [-0.2, -0.15) is 0 Å². The Morgan fingerprint density at radius 2 is 1.73 bits per heavy atom. The van der Waals surface area contributed by atoms with E-state index in [4.69, 9.17) is 25.7 Å². The summed E-state index contributed by atoms with van der Waals surface area (Å²) in [5.74, 6) is 0.648. The van der Waals surface area contributed by atoms with Crippen LogP contribution in [0.4, 0.5) is 0 Å². The topological polar surface area (TPSA) is 73.8 Å². The van der Waals surface area contributed by atoms with Crippen LogP contribution in [0.3, 0.4) is 0 Å². The normalized spacial score (nSPS) is 15.1. The SMILES string of the molecule is CCOC(=O)C1=C(c2ccccc2)N=c2s/c(=C\c3ccc(-c4cccc(Cl)c4)o3)c(=O)n2C1c1ccccc1. The number of ether oxygens (including phenoxy) is 1. The summed E-state index contributed by atoms with van der Waals surface area (Å²) >= 11 is 7.39. The summed E-state index contributed by atoms with van der Waals surface area (Å²) < 4.78 is 13.5. The number of fused-ring (bicyclic) bond motifs is 1. The zero-order chi connectivity index (χ0) is 27.6. The molecule has 198 valence electrons. The number of furan rings is 1. The van der Waals surface area contributed by atoms with Gasteiger partial charge in [-0.25, -0.2) is 9.79 Å². The number of hydrogen-bond acceptors (Lipinski definition) is 6. The minimum absolute atomic E-state index is 0.198. The zero-order valence-electron chi connectivity index (χ0n) is 21.4. The van der Waals surface area contributed by atoms with E-state index in [1.807, 2.05) is 91.0 Å². The molecule has 3 aromatic carbocycles. The van der Waals surface area contributed by atoms with Gasteiger partial charge in [0.15, 0.2) is 4.80 Å². The van der Waals surface area contributed by atoms with Gasteiger partial charge in [0.1, 0.15) is 11.5 Å². The van der Waals surface area contributed by atoms with Crippen molar-refractivity contribution in [1.82, 2.24) is 4.57 Å². The van der Waals surface area contributed by atoms with Crippen molar-refractivity contribution >= 4 is 40.7 Å². The van der Waals surface area contributed by atoms with Crippen LogP contribution in [0.5, 0.6) is 0 Å². The minimum Gasteiger partial charge on any atom is -0.463 e. The fourth-order valence-electron chi connectivity index (χ4n) is 4.75. The Hall–Kier alpha value is -4.46. The molecule has 8 heteroatoms. The van der Waals surface area contributed by atoms with Crippen LogP contribution >= 0.6 is 22.9 Å². The Bertz CT molecular complexity index is 1920. The number of esters is 1. The van der Waals surface area contributed by atoms with Crippen molar-refractivity contribution in [2.24, 2.45) is 4.99 Å². The third-order valence-electron chi connectivity index (χ3n) is 6.50. The average Bonchev–Trinajstić information content (AvgIpc) is 3.57. The molecule has 0 amide bonds. The zero-order valence-corrected chi connectivity index (χ0v) is 23.0. The second-order valence-electron chi connectivity index (χ2n) is 9.05. The minimum atomic E-state index is -0.715. The average molecular weight is 567 g/mol. The highest BCUT2D eigenvalue weighted by atomic mass is 35.5. The predicted octanol–water partition coefficient (Wildman–Crippen LogP) is 5.85. The fraction of sp³-hybridized carbons (Fsp3) is 0.0938. The quantitative estimate of drug-likeness (QED) is 0.242. The fourth-order valence-corrected chi connectivity index (χ4v) is 5.92. The molecule has 1 unspecified atom stereocenters. The Balaban J connectivity index is 1.56. The van der Waals surface area contributed by atoms with Gasteiger partial charge in [-0.1, -0.05) is 95.7 Å². The maximum Gasteiger partial charge on any atom is 0.338 e. The molecule has 5 aromatic rings. The number of thiazole rings is 1. The Morgan fingerprint density at radius 1 is 1.00 bits per heavy atom. The van der Waals surface area contributed by atoms with Crippen LogP contribution in [0, 0.1) is 0 Å². The van der Waals surface area contributed by atoms with Gasteiger partial charge in [0, 0.05) is 22.2 Å². The van der Waals surface area contributed by atoms with Crippen LogP contribution in [0.2, 0.25) is 5.02 Å². The van der Waals surface area contributed by atoms with Crippen LogP contribution < -0.4 is 14.9 Å². The van der Waals surface area contributed by atoms with Crippen molar-refractivity contribution in [3.8, 4) is 11.3 Å². The molecular weight excluding hydrogens is 544 g/mol. The van der Waals surface area contributed by atoms with E-state index in [1.54, 1.807) is 23.6 Å². The maximum absolute atomic E-state index is 13.9. The van der Waals surface area contributed by atoms with Gasteiger partial charge in [0.2, 0.25) is 0 Å². The molecule has 1 aliphatic rings. The first-order valence-corrected chi connectivity index (χ1v) is 13.9. The molecule has 6 rings (SSSR count). The summed E-state index contributed by atoms with van der Waals surface area (Å²) in [5, 5.41) is 0.608. The van der Waals surface area contributed by atoms with E-state index < -0.39 is 12.0 Å². The lowest BCUT2D eigenvalue weighted by atomic mass is 9.93. The van der Waals surface area contributed by atoms with Crippen molar-refractivity contribution in [2.45, 2.75) is 13.0 Å². The van der Waals surface area contributed by atoms with Crippen LogP contribution in [-0.2, 0) is 9.53 Å². The Morgan fingerprint density at radius 3 is 2.45 bits per heavy atom. The second kappa shape index (κ2) is 11.0. The van der Waals surface area contributed by atoms with E-state index in [2.05, 4.69) is 0 Å². The number of carbonyl (C=O) groups is 1. The van der Waals surface area contributed by atoms with E-state index in [0.29, 0.717) is 37.1 Å². The van der Waals surface area contributed by atoms with E-state index >= 15 is 0 Å². The van der Waals surface area contributed by atoms with Gasteiger partial charge >= 0.3 is 5.97 Å². The molecule has 3 heterocycles.